The molecule has 1 saturated heterocycles. The third kappa shape index (κ3) is 2.21. The van der Waals surface area contributed by atoms with Crippen molar-refractivity contribution in [3.05, 3.63) is 11.6 Å². The van der Waals surface area contributed by atoms with Gasteiger partial charge in [-0.2, -0.15) is 0 Å². The van der Waals surface area contributed by atoms with E-state index in [9.17, 15) is 0 Å². The van der Waals surface area contributed by atoms with E-state index >= 15 is 0 Å². The van der Waals surface area contributed by atoms with Crippen molar-refractivity contribution in [2.75, 3.05) is 19.6 Å². The van der Waals surface area contributed by atoms with Crippen LogP contribution in [-0.2, 0) is 13.0 Å². The maximum Gasteiger partial charge on any atom is 0.149 e. The number of hydrogen-bond acceptors (Lipinski definition) is 4. The predicted octanol–water partition coefficient (Wildman–Crippen LogP) is 0.710. The van der Waals surface area contributed by atoms with Gasteiger partial charge in [-0.05, 0) is 38.8 Å². The van der Waals surface area contributed by atoms with Gasteiger partial charge in [-0.1, -0.05) is 0 Å². The van der Waals surface area contributed by atoms with Crippen LogP contribution in [0, 0.1) is 0 Å². The minimum atomic E-state index is 0.0942. The molecule has 94 valence electrons. The van der Waals surface area contributed by atoms with Crippen LogP contribution in [0.4, 0.5) is 0 Å². The second kappa shape index (κ2) is 4.74. The first kappa shape index (κ1) is 11.2. The molecule has 5 nitrogen and oxygen atoms in total. The first-order valence-electron chi connectivity index (χ1n) is 6.74. The summed E-state index contributed by atoms with van der Waals surface area (Å²) >= 11 is 0. The Hall–Kier alpha value is -0.940. The molecule has 1 unspecified atom stereocenters. The van der Waals surface area contributed by atoms with Gasteiger partial charge < -0.3 is 15.2 Å². The molecule has 2 aliphatic rings. The largest absolute Gasteiger partial charge is 0.321 e. The molecule has 0 saturated carbocycles. The molecule has 0 aliphatic carbocycles. The SMILES string of the molecule is NC1CCCn2c(CCN3CCCC3)nnc21. The highest BCUT2D eigenvalue weighted by atomic mass is 15.3. The van der Waals surface area contributed by atoms with Gasteiger partial charge >= 0.3 is 0 Å². The lowest BCUT2D eigenvalue weighted by atomic mass is 10.1. The standard InChI is InChI=1S/C12H21N5/c13-10-4-3-8-17-11(14-15-12(10)17)5-9-16-6-1-2-7-16/h10H,1-9,13H2. The van der Waals surface area contributed by atoms with Crippen LogP contribution in [0.3, 0.4) is 0 Å². The highest BCUT2D eigenvalue weighted by Crippen LogP contribution is 2.22. The zero-order valence-electron chi connectivity index (χ0n) is 10.3. The van der Waals surface area contributed by atoms with Crippen molar-refractivity contribution in [3.8, 4) is 0 Å². The van der Waals surface area contributed by atoms with Crippen LogP contribution < -0.4 is 5.73 Å². The van der Waals surface area contributed by atoms with E-state index in [4.69, 9.17) is 5.73 Å². The lowest BCUT2D eigenvalue weighted by Gasteiger charge is -2.21. The smallest absolute Gasteiger partial charge is 0.149 e. The first-order valence-corrected chi connectivity index (χ1v) is 6.74. The highest BCUT2D eigenvalue weighted by molar-refractivity contribution is 5.03. The second-order valence-electron chi connectivity index (χ2n) is 5.17. The summed E-state index contributed by atoms with van der Waals surface area (Å²) in [5.41, 5.74) is 6.04. The summed E-state index contributed by atoms with van der Waals surface area (Å²) in [6.45, 7) is 4.67. The topological polar surface area (TPSA) is 60.0 Å². The van der Waals surface area contributed by atoms with Crippen LogP contribution in [0.5, 0.6) is 0 Å². The molecule has 2 aliphatic heterocycles. The van der Waals surface area contributed by atoms with Gasteiger partial charge in [-0.3, -0.25) is 0 Å². The molecule has 0 spiro atoms. The summed E-state index contributed by atoms with van der Waals surface area (Å²) in [6, 6.07) is 0.0942. The lowest BCUT2D eigenvalue weighted by Crippen LogP contribution is -2.26. The minimum Gasteiger partial charge on any atom is -0.321 e. The Labute approximate surface area is 102 Å². The number of aromatic nitrogens is 3. The molecule has 3 rings (SSSR count). The Morgan fingerprint density at radius 1 is 1.12 bits per heavy atom. The third-order valence-corrected chi connectivity index (χ3v) is 3.93. The van der Waals surface area contributed by atoms with E-state index in [1.54, 1.807) is 0 Å². The van der Waals surface area contributed by atoms with E-state index in [0.717, 1.165) is 44.0 Å². The fourth-order valence-corrected chi connectivity index (χ4v) is 2.91. The van der Waals surface area contributed by atoms with Gasteiger partial charge in [0.25, 0.3) is 0 Å². The molecular weight excluding hydrogens is 214 g/mol. The van der Waals surface area contributed by atoms with Crippen LogP contribution in [0.25, 0.3) is 0 Å². The van der Waals surface area contributed by atoms with Crippen molar-refractivity contribution in [1.29, 1.82) is 0 Å². The van der Waals surface area contributed by atoms with E-state index in [2.05, 4.69) is 19.7 Å². The molecule has 17 heavy (non-hydrogen) atoms. The number of hydrogen-bond donors (Lipinski definition) is 1. The zero-order valence-corrected chi connectivity index (χ0v) is 10.3. The monoisotopic (exact) mass is 235 g/mol. The molecule has 0 radical (unpaired) electrons. The van der Waals surface area contributed by atoms with Gasteiger partial charge in [0.15, 0.2) is 0 Å². The predicted molar refractivity (Wildman–Crippen MR) is 65.6 cm³/mol. The van der Waals surface area contributed by atoms with E-state index in [0.29, 0.717) is 0 Å². The van der Waals surface area contributed by atoms with Gasteiger partial charge in [0.05, 0.1) is 6.04 Å². The summed E-state index contributed by atoms with van der Waals surface area (Å²) in [5, 5.41) is 8.57. The van der Waals surface area contributed by atoms with Crippen molar-refractivity contribution >= 4 is 0 Å². The van der Waals surface area contributed by atoms with Crippen LogP contribution in [0.15, 0.2) is 0 Å². The average molecular weight is 235 g/mol. The maximum atomic E-state index is 6.04. The number of rotatable bonds is 3. The highest BCUT2D eigenvalue weighted by Gasteiger charge is 2.22. The fourth-order valence-electron chi connectivity index (χ4n) is 2.91. The molecule has 0 aromatic carbocycles. The molecule has 1 aromatic heterocycles. The van der Waals surface area contributed by atoms with E-state index in [1.165, 1.54) is 25.9 Å². The first-order chi connectivity index (χ1) is 8.34. The van der Waals surface area contributed by atoms with Crippen molar-refractivity contribution in [2.24, 2.45) is 5.73 Å². The second-order valence-corrected chi connectivity index (χ2v) is 5.17. The zero-order chi connectivity index (χ0) is 11.7. The number of nitrogens with two attached hydrogens (primary N) is 1. The molecule has 1 aromatic rings. The summed E-state index contributed by atoms with van der Waals surface area (Å²) in [6.07, 6.45) is 5.92. The normalized spacial score (nSPS) is 25.1. The Morgan fingerprint density at radius 3 is 2.76 bits per heavy atom. The van der Waals surface area contributed by atoms with Crippen LogP contribution >= 0.6 is 0 Å². The van der Waals surface area contributed by atoms with Crippen molar-refractivity contribution in [2.45, 2.75) is 44.7 Å². The Balaban J connectivity index is 1.66. The van der Waals surface area contributed by atoms with Gasteiger partial charge in [0.1, 0.15) is 11.6 Å². The number of fused-ring (bicyclic) bond motifs is 1. The Bertz CT molecular complexity index is 380. The summed E-state index contributed by atoms with van der Waals surface area (Å²) in [4.78, 5) is 2.52. The Morgan fingerprint density at radius 2 is 1.94 bits per heavy atom. The van der Waals surface area contributed by atoms with Crippen molar-refractivity contribution < 1.29 is 0 Å². The van der Waals surface area contributed by atoms with Gasteiger partial charge in [0, 0.05) is 19.5 Å². The third-order valence-electron chi connectivity index (χ3n) is 3.93. The Kier molecular flexibility index (Phi) is 3.11. The minimum absolute atomic E-state index is 0.0942. The molecule has 1 fully saturated rings. The molecule has 0 bridgehead atoms. The molecule has 1 atom stereocenters. The van der Waals surface area contributed by atoms with Gasteiger partial charge in [0.2, 0.25) is 0 Å². The lowest BCUT2D eigenvalue weighted by molar-refractivity contribution is 0.336. The number of nitrogens with zero attached hydrogens (tertiary/aromatic N) is 4. The quantitative estimate of drug-likeness (QED) is 0.838. The summed E-state index contributed by atoms with van der Waals surface area (Å²) in [5.74, 6) is 2.12. The van der Waals surface area contributed by atoms with Gasteiger partial charge in [-0.25, -0.2) is 0 Å². The van der Waals surface area contributed by atoms with E-state index < -0.39 is 0 Å². The van der Waals surface area contributed by atoms with Gasteiger partial charge in [-0.15, -0.1) is 10.2 Å². The van der Waals surface area contributed by atoms with Crippen LogP contribution in [0.1, 0.15) is 43.4 Å². The van der Waals surface area contributed by atoms with Crippen LogP contribution in [0.2, 0.25) is 0 Å². The van der Waals surface area contributed by atoms with Crippen molar-refractivity contribution in [3.63, 3.8) is 0 Å². The van der Waals surface area contributed by atoms with E-state index in [-0.39, 0.29) is 6.04 Å². The summed E-state index contributed by atoms with van der Waals surface area (Å²) < 4.78 is 2.24. The maximum absolute atomic E-state index is 6.04. The average Bonchev–Trinajstić information content (AvgIpc) is 2.95. The fraction of sp³-hybridized carbons (Fsp3) is 0.833. The summed E-state index contributed by atoms with van der Waals surface area (Å²) in [7, 11) is 0. The van der Waals surface area contributed by atoms with Crippen molar-refractivity contribution in [1.82, 2.24) is 19.7 Å². The molecule has 3 heterocycles. The molecule has 0 amide bonds. The molecular formula is C12H21N5. The van der Waals surface area contributed by atoms with Crippen LogP contribution in [-0.4, -0.2) is 39.3 Å². The number of likely N-dealkylation sites (tertiary alicyclic amines) is 1. The van der Waals surface area contributed by atoms with E-state index in [1.807, 2.05) is 0 Å². The molecule has 2 N–H and O–H groups in total. The molecule has 5 heteroatoms.